The van der Waals surface area contributed by atoms with Crippen LogP contribution >= 0.6 is 0 Å². The summed E-state index contributed by atoms with van der Waals surface area (Å²) in [5.74, 6) is 0.882. The predicted molar refractivity (Wildman–Crippen MR) is 84.6 cm³/mol. The van der Waals surface area contributed by atoms with E-state index < -0.39 is 0 Å². The predicted octanol–water partition coefficient (Wildman–Crippen LogP) is 3.48. The number of carbonyl (C=O) groups is 1. The number of ether oxygens (including phenoxy) is 1. The molecule has 1 aromatic carbocycles. The van der Waals surface area contributed by atoms with Gasteiger partial charge in [0.15, 0.2) is 0 Å². The van der Waals surface area contributed by atoms with Crippen molar-refractivity contribution in [2.24, 2.45) is 0 Å². The van der Waals surface area contributed by atoms with Crippen LogP contribution in [0, 0.1) is 6.92 Å². The van der Waals surface area contributed by atoms with E-state index in [9.17, 15) is 4.79 Å². The van der Waals surface area contributed by atoms with Crippen LogP contribution in [0.15, 0.2) is 18.2 Å². The largest absolute Gasteiger partial charge is 0.496 e. The van der Waals surface area contributed by atoms with E-state index in [1.54, 1.807) is 7.11 Å². The highest BCUT2D eigenvalue weighted by Gasteiger charge is 2.24. The van der Waals surface area contributed by atoms with E-state index in [0.29, 0.717) is 12.6 Å². The summed E-state index contributed by atoms with van der Waals surface area (Å²) in [6.45, 7) is 5.62. The first-order valence-corrected chi connectivity index (χ1v) is 7.83. The Morgan fingerprint density at radius 1 is 1.43 bits per heavy atom. The average molecular weight is 290 g/mol. The Hall–Kier alpha value is -1.71. The Bertz CT molecular complexity index is 488. The van der Waals surface area contributed by atoms with Crippen LogP contribution < -0.4 is 10.1 Å². The summed E-state index contributed by atoms with van der Waals surface area (Å²) in [6, 6.07) is 6.48. The van der Waals surface area contributed by atoms with Crippen molar-refractivity contribution in [2.45, 2.75) is 52.1 Å². The summed E-state index contributed by atoms with van der Waals surface area (Å²) in [7, 11) is 1.67. The van der Waals surface area contributed by atoms with Gasteiger partial charge in [-0.3, -0.25) is 0 Å². The Morgan fingerprint density at radius 3 is 2.90 bits per heavy atom. The van der Waals surface area contributed by atoms with Gasteiger partial charge in [-0.15, -0.1) is 0 Å². The van der Waals surface area contributed by atoms with Crippen molar-refractivity contribution in [1.29, 1.82) is 0 Å². The molecule has 21 heavy (non-hydrogen) atoms. The van der Waals surface area contributed by atoms with Gasteiger partial charge in [0.2, 0.25) is 0 Å². The van der Waals surface area contributed by atoms with Crippen molar-refractivity contribution in [3.8, 4) is 5.75 Å². The molecule has 0 radical (unpaired) electrons. The molecule has 0 bridgehead atoms. The van der Waals surface area contributed by atoms with E-state index in [1.165, 1.54) is 6.42 Å². The van der Waals surface area contributed by atoms with Crippen LogP contribution in [0.1, 0.15) is 43.7 Å². The molecule has 2 amide bonds. The molecule has 1 fully saturated rings. The fourth-order valence-corrected chi connectivity index (χ4v) is 3.02. The Kier molecular flexibility index (Phi) is 5.48. The highest BCUT2D eigenvalue weighted by Crippen LogP contribution is 2.20. The molecule has 0 spiro atoms. The molecule has 116 valence electrons. The molecule has 1 N–H and O–H groups in total. The van der Waals surface area contributed by atoms with Crippen LogP contribution in [0.3, 0.4) is 0 Å². The van der Waals surface area contributed by atoms with Gasteiger partial charge in [0.05, 0.1) is 7.11 Å². The van der Waals surface area contributed by atoms with Crippen LogP contribution in [0.25, 0.3) is 0 Å². The standard InChI is InChI=1S/C17H26N2O2/c1-4-15-7-5-6-10-19(15)17(20)18-12-14-8-9-16(21-3)13(2)11-14/h8-9,11,15H,4-7,10,12H2,1-3H3,(H,18,20). The second kappa shape index (κ2) is 7.34. The molecule has 1 aliphatic rings. The quantitative estimate of drug-likeness (QED) is 0.922. The first kappa shape index (κ1) is 15.7. The summed E-state index contributed by atoms with van der Waals surface area (Å²) < 4.78 is 5.25. The van der Waals surface area contributed by atoms with Crippen molar-refractivity contribution in [2.75, 3.05) is 13.7 Å². The number of carbonyl (C=O) groups excluding carboxylic acids is 1. The maximum Gasteiger partial charge on any atom is 0.317 e. The lowest BCUT2D eigenvalue weighted by molar-refractivity contribution is 0.148. The van der Waals surface area contributed by atoms with Gasteiger partial charge in [-0.1, -0.05) is 19.1 Å². The highest BCUT2D eigenvalue weighted by atomic mass is 16.5. The number of methoxy groups -OCH3 is 1. The fraction of sp³-hybridized carbons (Fsp3) is 0.588. The number of urea groups is 1. The van der Waals surface area contributed by atoms with E-state index in [1.807, 2.05) is 24.0 Å². The number of piperidine rings is 1. The van der Waals surface area contributed by atoms with Crippen LogP contribution in [-0.4, -0.2) is 30.6 Å². The van der Waals surface area contributed by atoms with Crippen molar-refractivity contribution in [3.63, 3.8) is 0 Å². The number of hydrogen-bond donors (Lipinski definition) is 1. The number of rotatable bonds is 4. The summed E-state index contributed by atoms with van der Waals surface area (Å²) in [4.78, 5) is 14.3. The molecule has 0 saturated carbocycles. The smallest absolute Gasteiger partial charge is 0.317 e. The number of aryl methyl sites for hydroxylation is 1. The minimum Gasteiger partial charge on any atom is -0.496 e. The lowest BCUT2D eigenvalue weighted by atomic mass is 10.0. The molecule has 4 heteroatoms. The molecular formula is C17H26N2O2. The first-order valence-electron chi connectivity index (χ1n) is 7.83. The Labute approximate surface area is 127 Å². The van der Waals surface area contributed by atoms with E-state index in [4.69, 9.17) is 4.74 Å². The average Bonchev–Trinajstić information content (AvgIpc) is 2.52. The Morgan fingerprint density at radius 2 is 2.24 bits per heavy atom. The third kappa shape index (κ3) is 3.90. The normalized spacial score (nSPS) is 18.4. The summed E-state index contributed by atoms with van der Waals surface area (Å²) in [6.07, 6.45) is 4.52. The summed E-state index contributed by atoms with van der Waals surface area (Å²) in [5.41, 5.74) is 2.19. The topological polar surface area (TPSA) is 41.6 Å². The zero-order valence-electron chi connectivity index (χ0n) is 13.3. The van der Waals surface area contributed by atoms with Crippen molar-refractivity contribution in [3.05, 3.63) is 29.3 Å². The molecule has 1 saturated heterocycles. The van der Waals surface area contributed by atoms with Crippen molar-refractivity contribution < 1.29 is 9.53 Å². The van der Waals surface area contributed by atoms with Crippen LogP contribution in [0.2, 0.25) is 0 Å². The van der Waals surface area contributed by atoms with Gasteiger partial charge in [-0.2, -0.15) is 0 Å². The number of hydrogen-bond acceptors (Lipinski definition) is 2. The number of nitrogens with zero attached hydrogens (tertiary/aromatic N) is 1. The molecule has 1 heterocycles. The van der Waals surface area contributed by atoms with Gasteiger partial charge >= 0.3 is 6.03 Å². The number of likely N-dealkylation sites (tertiary alicyclic amines) is 1. The molecule has 1 aromatic rings. The second-order valence-corrected chi connectivity index (χ2v) is 5.71. The van der Waals surface area contributed by atoms with Gasteiger partial charge in [0, 0.05) is 19.1 Å². The van der Waals surface area contributed by atoms with Gasteiger partial charge in [0.1, 0.15) is 5.75 Å². The maximum absolute atomic E-state index is 12.3. The van der Waals surface area contributed by atoms with E-state index in [0.717, 1.165) is 42.7 Å². The first-order chi connectivity index (χ1) is 10.2. The van der Waals surface area contributed by atoms with Crippen LogP contribution in [0.4, 0.5) is 4.79 Å². The van der Waals surface area contributed by atoms with Crippen molar-refractivity contribution >= 4 is 6.03 Å². The number of nitrogens with one attached hydrogen (secondary N) is 1. The van der Waals surface area contributed by atoms with Gasteiger partial charge < -0.3 is 15.0 Å². The van der Waals surface area contributed by atoms with Crippen molar-refractivity contribution in [1.82, 2.24) is 10.2 Å². The molecule has 2 rings (SSSR count). The number of benzene rings is 1. The van der Waals surface area contributed by atoms with Gasteiger partial charge in [0.25, 0.3) is 0 Å². The zero-order chi connectivity index (χ0) is 15.2. The molecule has 0 aromatic heterocycles. The van der Waals surface area contributed by atoms with Gasteiger partial charge in [-0.25, -0.2) is 4.79 Å². The lowest BCUT2D eigenvalue weighted by Crippen LogP contribution is -2.48. The zero-order valence-corrected chi connectivity index (χ0v) is 13.3. The maximum atomic E-state index is 12.3. The van der Waals surface area contributed by atoms with E-state index in [-0.39, 0.29) is 6.03 Å². The highest BCUT2D eigenvalue weighted by molar-refractivity contribution is 5.74. The molecule has 0 aliphatic carbocycles. The third-order valence-electron chi connectivity index (χ3n) is 4.26. The monoisotopic (exact) mass is 290 g/mol. The minimum absolute atomic E-state index is 0.0648. The molecule has 1 unspecified atom stereocenters. The van der Waals surface area contributed by atoms with Crippen LogP contribution in [0.5, 0.6) is 5.75 Å². The molecule has 4 nitrogen and oxygen atoms in total. The SMILES string of the molecule is CCC1CCCCN1C(=O)NCc1ccc(OC)c(C)c1. The molecule has 1 aliphatic heterocycles. The second-order valence-electron chi connectivity index (χ2n) is 5.71. The van der Waals surface area contributed by atoms with Crippen LogP contribution in [-0.2, 0) is 6.54 Å². The molecule has 1 atom stereocenters. The number of amides is 2. The van der Waals surface area contributed by atoms with E-state index >= 15 is 0 Å². The summed E-state index contributed by atoms with van der Waals surface area (Å²) in [5, 5.41) is 3.04. The van der Waals surface area contributed by atoms with E-state index in [2.05, 4.69) is 18.3 Å². The Balaban J connectivity index is 1.92. The fourth-order valence-electron chi connectivity index (χ4n) is 3.02. The molecular weight excluding hydrogens is 264 g/mol. The minimum atomic E-state index is 0.0648. The lowest BCUT2D eigenvalue weighted by Gasteiger charge is -2.35. The third-order valence-corrected chi connectivity index (χ3v) is 4.26. The van der Waals surface area contributed by atoms with Gasteiger partial charge in [-0.05, 0) is 49.8 Å². The summed E-state index contributed by atoms with van der Waals surface area (Å²) >= 11 is 0.